The zero-order valence-electron chi connectivity index (χ0n) is 11.1. The van der Waals surface area contributed by atoms with Crippen LogP contribution in [0, 0.1) is 11.7 Å². The molecule has 1 saturated heterocycles. The zero-order valence-corrected chi connectivity index (χ0v) is 11.1. The fourth-order valence-electron chi connectivity index (χ4n) is 2.80. The van der Waals surface area contributed by atoms with E-state index in [4.69, 9.17) is 5.11 Å². The molecule has 0 aliphatic carbocycles. The summed E-state index contributed by atoms with van der Waals surface area (Å²) in [7, 11) is 0. The number of halogens is 1. The quantitative estimate of drug-likeness (QED) is 0.889. The first-order chi connectivity index (χ1) is 9.10. The van der Waals surface area contributed by atoms with E-state index in [9.17, 15) is 9.18 Å². The molecule has 0 amide bonds. The van der Waals surface area contributed by atoms with Gasteiger partial charge in [-0.25, -0.2) is 4.39 Å². The second-order valence-corrected chi connectivity index (χ2v) is 5.07. The van der Waals surface area contributed by atoms with E-state index in [-0.39, 0.29) is 24.2 Å². The topological polar surface area (TPSA) is 53.4 Å². The maximum atomic E-state index is 12.9. The van der Waals surface area contributed by atoms with E-state index in [1.54, 1.807) is 6.07 Å². The van der Waals surface area contributed by atoms with Crippen molar-refractivity contribution in [3.8, 4) is 0 Å². The van der Waals surface area contributed by atoms with Gasteiger partial charge in [-0.3, -0.25) is 14.7 Å². The first-order valence-electron chi connectivity index (χ1n) is 6.67. The lowest BCUT2D eigenvalue weighted by atomic mass is 10.1. The summed E-state index contributed by atoms with van der Waals surface area (Å²) >= 11 is 0. The van der Waals surface area contributed by atoms with Crippen LogP contribution in [-0.2, 0) is 4.79 Å². The van der Waals surface area contributed by atoms with Gasteiger partial charge in [0.2, 0.25) is 0 Å². The first-order valence-corrected chi connectivity index (χ1v) is 6.67. The number of carbonyl (C=O) groups is 1. The molecule has 1 aliphatic rings. The molecular formula is C14H19FN2O2. The third-order valence-electron chi connectivity index (χ3n) is 3.70. The first kappa shape index (κ1) is 13.9. The summed E-state index contributed by atoms with van der Waals surface area (Å²) < 4.78 is 12.9. The van der Waals surface area contributed by atoms with Gasteiger partial charge in [0.15, 0.2) is 0 Å². The fraction of sp³-hybridized carbons (Fsp3) is 0.571. The van der Waals surface area contributed by atoms with Crippen LogP contribution in [0.1, 0.15) is 37.9 Å². The van der Waals surface area contributed by atoms with Crippen LogP contribution >= 0.6 is 0 Å². The van der Waals surface area contributed by atoms with E-state index >= 15 is 0 Å². The molecule has 4 nitrogen and oxygen atoms in total. The second-order valence-electron chi connectivity index (χ2n) is 5.07. The average molecular weight is 266 g/mol. The third-order valence-corrected chi connectivity index (χ3v) is 3.70. The monoisotopic (exact) mass is 266 g/mol. The van der Waals surface area contributed by atoms with Crippen molar-refractivity contribution < 1.29 is 14.3 Å². The molecule has 2 heterocycles. The highest BCUT2D eigenvalue weighted by molar-refractivity contribution is 5.67. The highest BCUT2D eigenvalue weighted by atomic mass is 19.1. The van der Waals surface area contributed by atoms with Gasteiger partial charge in [0, 0.05) is 13.0 Å². The summed E-state index contributed by atoms with van der Waals surface area (Å²) in [5.41, 5.74) is 0.861. The summed E-state index contributed by atoms with van der Waals surface area (Å²) in [5.74, 6) is -0.851. The van der Waals surface area contributed by atoms with Crippen LogP contribution in [-0.4, -0.2) is 34.0 Å². The Morgan fingerprint density at radius 3 is 3.00 bits per heavy atom. The molecule has 5 heteroatoms. The van der Waals surface area contributed by atoms with Crippen molar-refractivity contribution in [2.24, 2.45) is 5.92 Å². The van der Waals surface area contributed by atoms with Gasteiger partial charge < -0.3 is 5.11 Å². The van der Waals surface area contributed by atoms with Crippen LogP contribution in [0.2, 0.25) is 0 Å². The Balaban J connectivity index is 2.03. The molecule has 2 unspecified atom stereocenters. The molecular weight excluding hydrogens is 247 g/mol. The molecule has 1 aromatic heterocycles. The maximum Gasteiger partial charge on any atom is 0.303 e. The standard InChI is InChI=1S/C14H19FN2O2/c1-2-13(12-4-3-11(15)8-16-12)17-6-5-10(9-17)7-14(18)19/h3-4,8,10,13H,2,5-7,9H2,1H3,(H,18,19). The molecule has 104 valence electrons. The molecule has 0 saturated carbocycles. The number of hydrogen-bond donors (Lipinski definition) is 1. The van der Waals surface area contributed by atoms with Crippen molar-refractivity contribution >= 4 is 5.97 Å². The molecule has 1 aromatic rings. The Kier molecular flexibility index (Phi) is 4.47. The zero-order chi connectivity index (χ0) is 13.8. The van der Waals surface area contributed by atoms with Gasteiger partial charge in [-0.1, -0.05) is 6.92 Å². The van der Waals surface area contributed by atoms with Gasteiger partial charge in [-0.15, -0.1) is 0 Å². The van der Waals surface area contributed by atoms with Crippen LogP contribution in [0.4, 0.5) is 4.39 Å². The lowest BCUT2D eigenvalue weighted by Gasteiger charge is -2.26. The van der Waals surface area contributed by atoms with E-state index in [0.717, 1.165) is 31.6 Å². The Hall–Kier alpha value is -1.49. The number of aromatic nitrogens is 1. The molecule has 0 spiro atoms. The number of pyridine rings is 1. The van der Waals surface area contributed by atoms with Crippen LogP contribution in [0.3, 0.4) is 0 Å². The van der Waals surface area contributed by atoms with Gasteiger partial charge in [-0.05, 0) is 37.4 Å². The van der Waals surface area contributed by atoms with Gasteiger partial charge in [0.1, 0.15) is 5.82 Å². The lowest BCUT2D eigenvalue weighted by Crippen LogP contribution is -2.27. The summed E-state index contributed by atoms with van der Waals surface area (Å²) in [6.07, 6.45) is 3.26. The molecule has 2 atom stereocenters. The van der Waals surface area contributed by atoms with Gasteiger partial charge in [0.05, 0.1) is 17.9 Å². The second kappa shape index (κ2) is 6.10. The van der Waals surface area contributed by atoms with Crippen molar-refractivity contribution in [3.05, 3.63) is 29.8 Å². The van der Waals surface area contributed by atoms with E-state index in [1.807, 2.05) is 0 Å². The molecule has 0 bridgehead atoms. The SMILES string of the molecule is CCC(c1ccc(F)cn1)N1CCC(CC(=O)O)C1. The molecule has 0 aromatic carbocycles. The molecule has 2 rings (SSSR count). The highest BCUT2D eigenvalue weighted by Crippen LogP contribution is 2.30. The Morgan fingerprint density at radius 2 is 2.42 bits per heavy atom. The largest absolute Gasteiger partial charge is 0.481 e. The molecule has 19 heavy (non-hydrogen) atoms. The predicted molar refractivity (Wildman–Crippen MR) is 69.2 cm³/mol. The number of carboxylic acid groups (broad SMARTS) is 1. The minimum absolute atomic E-state index is 0.152. The predicted octanol–water partition coefficient (Wildman–Crippen LogP) is 2.47. The van der Waals surface area contributed by atoms with Crippen molar-refractivity contribution in [1.29, 1.82) is 0 Å². The molecule has 1 aliphatic heterocycles. The molecule has 1 fully saturated rings. The fourth-order valence-corrected chi connectivity index (χ4v) is 2.80. The summed E-state index contributed by atoms with van der Waals surface area (Å²) in [5, 5.41) is 8.83. The van der Waals surface area contributed by atoms with Gasteiger partial charge in [0.25, 0.3) is 0 Å². The van der Waals surface area contributed by atoms with Crippen LogP contribution in [0.15, 0.2) is 18.3 Å². The van der Waals surface area contributed by atoms with Crippen molar-refractivity contribution in [3.63, 3.8) is 0 Å². The number of aliphatic carboxylic acids is 1. The van der Waals surface area contributed by atoms with Gasteiger partial charge in [-0.2, -0.15) is 0 Å². The lowest BCUT2D eigenvalue weighted by molar-refractivity contribution is -0.138. The number of nitrogens with zero attached hydrogens (tertiary/aromatic N) is 2. The van der Waals surface area contributed by atoms with Gasteiger partial charge >= 0.3 is 5.97 Å². The average Bonchev–Trinajstić information content (AvgIpc) is 2.80. The van der Waals surface area contributed by atoms with E-state index < -0.39 is 5.97 Å². The minimum Gasteiger partial charge on any atom is -0.481 e. The number of rotatable bonds is 5. The molecule has 1 N–H and O–H groups in total. The minimum atomic E-state index is -0.736. The maximum absolute atomic E-state index is 12.9. The highest BCUT2D eigenvalue weighted by Gasteiger charge is 2.29. The van der Waals surface area contributed by atoms with E-state index in [0.29, 0.717) is 0 Å². The summed E-state index contributed by atoms with van der Waals surface area (Å²) in [6, 6.07) is 3.29. The van der Waals surface area contributed by atoms with E-state index in [2.05, 4.69) is 16.8 Å². The Bertz CT molecular complexity index is 436. The van der Waals surface area contributed by atoms with Crippen molar-refractivity contribution in [1.82, 2.24) is 9.88 Å². The number of hydrogen-bond acceptors (Lipinski definition) is 3. The Labute approximate surface area is 112 Å². The summed E-state index contributed by atoms with van der Waals surface area (Å²) in [4.78, 5) is 17.1. The number of likely N-dealkylation sites (tertiary alicyclic amines) is 1. The molecule has 0 radical (unpaired) electrons. The Morgan fingerprint density at radius 1 is 1.63 bits per heavy atom. The van der Waals surface area contributed by atoms with Crippen LogP contribution < -0.4 is 0 Å². The van der Waals surface area contributed by atoms with Crippen molar-refractivity contribution in [2.75, 3.05) is 13.1 Å². The third kappa shape index (κ3) is 3.50. The smallest absolute Gasteiger partial charge is 0.303 e. The van der Waals surface area contributed by atoms with Crippen molar-refractivity contribution in [2.45, 2.75) is 32.2 Å². The normalized spacial score (nSPS) is 21.5. The van der Waals surface area contributed by atoms with E-state index in [1.165, 1.54) is 12.3 Å². The number of carboxylic acids is 1. The van der Waals surface area contributed by atoms with Crippen LogP contribution in [0.25, 0.3) is 0 Å². The van der Waals surface area contributed by atoms with Crippen LogP contribution in [0.5, 0.6) is 0 Å². The summed E-state index contributed by atoms with van der Waals surface area (Å²) in [6.45, 7) is 3.74.